The van der Waals surface area contributed by atoms with Crippen molar-refractivity contribution in [3.63, 3.8) is 0 Å². The van der Waals surface area contributed by atoms with Crippen LogP contribution in [0.1, 0.15) is 17.5 Å². The van der Waals surface area contributed by atoms with E-state index in [1.165, 1.54) is 25.7 Å². The van der Waals surface area contributed by atoms with Gasteiger partial charge < -0.3 is 14.2 Å². The van der Waals surface area contributed by atoms with Gasteiger partial charge in [-0.3, -0.25) is 9.36 Å². The maximum atomic E-state index is 11.6. The molecule has 0 aliphatic rings. The maximum Gasteiger partial charge on any atom is 0.255 e. The second-order valence-corrected chi connectivity index (χ2v) is 4.66. The Balaban J connectivity index is 3.34. The molecule has 0 fully saturated rings. The fourth-order valence-corrected chi connectivity index (χ4v) is 2.95. The molecule has 7 heteroatoms. The highest BCUT2D eigenvalue weighted by Crippen LogP contribution is 2.32. The third-order valence-corrected chi connectivity index (χ3v) is 3.72. The molecule has 1 atom stereocenters. The Labute approximate surface area is 110 Å². The molecule has 1 aromatic rings. The Morgan fingerprint density at radius 3 is 2.50 bits per heavy atom. The summed E-state index contributed by atoms with van der Waals surface area (Å²) >= 11 is 0. The van der Waals surface area contributed by atoms with Gasteiger partial charge in [-0.25, -0.2) is 4.98 Å². The molecule has 18 heavy (non-hydrogen) atoms. The Bertz CT molecular complexity index is 400. The van der Waals surface area contributed by atoms with Gasteiger partial charge in [-0.1, -0.05) is 0 Å². The van der Waals surface area contributed by atoms with Crippen molar-refractivity contribution < 1.29 is 19.0 Å². The zero-order valence-electron chi connectivity index (χ0n) is 11.5. The van der Waals surface area contributed by atoms with E-state index in [0.717, 1.165) is 16.3 Å². The number of nitrogens with zero attached hydrogens (tertiary/aromatic N) is 2. The van der Waals surface area contributed by atoms with E-state index in [-0.39, 0.29) is 12.0 Å². The van der Waals surface area contributed by atoms with Gasteiger partial charge in [0, 0.05) is 50.9 Å². The maximum absolute atomic E-state index is 11.6. The monoisotopic (exact) mass is 272 g/mol. The number of carbonyl (C=O) groups excluding carboxylic acids is 1. The number of aromatic nitrogens is 2. The van der Waals surface area contributed by atoms with Crippen molar-refractivity contribution in [3.05, 3.63) is 18.2 Å². The first-order chi connectivity index (χ1) is 8.57. The summed E-state index contributed by atoms with van der Waals surface area (Å²) in [7, 11) is 5.55. The van der Waals surface area contributed by atoms with Gasteiger partial charge in [0.2, 0.25) is 5.91 Å². The lowest BCUT2D eigenvalue weighted by molar-refractivity contribution is -0.274. The molecule has 0 saturated carbocycles. The van der Waals surface area contributed by atoms with Crippen molar-refractivity contribution >= 4 is 16.1 Å². The molecule has 0 spiro atoms. The van der Waals surface area contributed by atoms with E-state index in [4.69, 9.17) is 14.2 Å². The van der Waals surface area contributed by atoms with Crippen LogP contribution < -0.4 is 0 Å². The molecule has 6 nitrogen and oxygen atoms in total. The molecule has 0 aliphatic carbocycles. The van der Waals surface area contributed by atoms with Crippen molar-refractivity contribution in [1.29, 1.82) is 0 Å². The minimum atomic E-state index is -1.16. The van der Waals surface area contributed by atoms with E-state index in [2.05, 4.69) is 4.98 Å². The molecular weight excluding hydrogens is 252 g/mol. The number of rotatable bonds is 6. The number of methoxy groups -OCH3 is 3. The Morgan fingerprint density at radius 2 is 2.11 bits per heavy atom. The number of hydrogen-bond donors (Lipinski definition) is 0. The minimum Gasteiger partial charge on any atom is -0.376 e. The van der Waals surface area contributed by atoms with E-state index in [9.17, 15) is 4.79 Å². The van der Waals surface area contributed by atoms with Gasteiger partial charge in [-0.15, -0.1) is 0 Å². The van der Waals surface area contributed by atoms with Gasteiger partial charge in [-0.2, -0.15) is 0 Å². The summed E-state index contributed by atoms with van der Waals surface area (Å²) in [6.07, 6.45) is 2.83. The zero-order valence-corrected chi connectivity index (χ0v) is 13.5. The van der Waals surface area contributed by atoms with E-state index < -0.39 is 5.79 Å². The van der Waals surface area contributed by atoms with Crippen molar-refractivity contribution in [2.45, 2.75) is 24.9 Å². The lowest BCUT2D eigenvalue weighted by atomic mass is 10.1. The number of hydrogen-bond acceptors (Lipinski definition) is 5. The predicted octanol–water partition coefficient (Wildman–Crippen LogP) is -0.213. The van der Waals surface area contributed by atoms with Crippen LogP contribution in [0.5, 0.6) is 0 Å². The fraction of sp³-hybridized carbons (Fsp3) is 0.636. The van der Waals surface area contributed by atoms with E-state index in [0.29, 0.717) is 5.82 Å². The first kappa shape index (κ1) is 15.0. The lowest BCUT2D eigenvalue weighted by Gasteiger charge is -2.36. The summed E-state index contributed by atoms with van der Waals surface area (Å²) < 4.78 is 17.8. The van der Waals surface area contributed by atoms with Crippen LogP contribution in [-0.2, 0) is 20.0 Å². The summed E-state index contributed by atoms with van der Waals surface area (Å²) in [5, 5.41) is 0. The highest BCUT2D eigenvalue weighted by atomic mass is 28.1. The van der Waals surface area contributed by atoms with Gasteiger partial charge >= 0.3 is 0 Å². The second-order valence-electron chi connectivity index (χ2n) is 3.85. The van der Waals surface area contributed by atoms with Crippen molar-refractivity contribution in [2.24, 2.45) is 0 Å². The predicted molar refractivity (Wildman–Crippen MR) is 69.8 cm³/mol. The smallest absolute Gasteiger partial charge is 0.255 e. The van der Waals surface area contributed by atoms with Gasteiger partial charge in [0.1, 0.15) is 6.10 Å². The average Bonchev–Trinajstić information content (AvgIpc) is 2.85. The van der Waals surface area contributed by atoms with Crippen molar-refractivity contribution in [1.82, 2.24) is 9.55 Å². The SMILES string of the molecule is COC(C[SiH3])C(OC)(OC)c1nccn1C(C)=O. The van der Waals surface area contributed by atoms with Gasteiger partial charge in [0.15, 0.2) is 5.82 Å². The van der Waals surface area contributed by atoms with Crippen molar-refractivity contribution in [3.8, 4) is 0 Å². The van der Waals surface area contributed by atoms with Crippen LogP contribution in [0.3, 0.4) is 0 Å². The Hall–Kier alpha value is -1.02. The van der Waals surface area contributed by atoms with Crippen LogP contribution in [0.4, 0.5) is 0 Å². The molecule has 0 bridgehead atoms. The zero-order chi connectivity index (χ0) is 13.8. The first-order valence-electron chi connectivity index (χ1n) is 5.75. The molecule has 0 aromatic carbocycles. The molecule has 1 rings (SSSR count). The van der Waals surface area contributed by atoms with E-state index in [1.807, 2.05) is 0 Å². The normalized spacial score (nSPS) is 13.8. The topological polar surface area (TPSA) is 62.6 Å². The molecule has 0 saturated heterocycles. The summed E-state index contributed by atoms with van der Waals surface area (Å²) in [6, 6.07) is 0.795. The molecule has 102 valence electrons. The Morgan fingerprint density at radius 1 is 1.50 bits per heavy atom. The van der Waals surface area contributed by atoms with E-state index in [1.54, 1.807) is 19.5 Å². The fourth-order valence-electron chi connectivity index (χ4n) is 2.08. The van der Waals surface area contributed by atoms with Gasteiger partial charge in [0.05, 0.1) is 0 Å². The van der Waals surface area contributed by atoms with Crippen LogP contribution in [0.2, 0.25) is 6.04 Å². The number of ether oxygens (including phenoxy) is 3. The summed E-state index contributed by atoms with van der Waals surface area (Å²) in [5.41, 5.74) is 0. The van der Waals surface area contributed by atoms with Gasteiger partial charge in [0.25, 0.3) is 5.79 Å². The molecule has 0 aliphatic heterocycles. The summed E-state index contributed by atoms with van der Waals surface area (Å²) in [4.78, 5) is 15.8. The largest absolute Gasteiger partial charge is 0.376 e. The van der Waals surface area contributed by atoms with Crippen LogP contribution in [-0.4, -0.2) is 53.1 Å². The average molecular weight is 272 g/mol. The second kappa shape index (κ2) is 6.23. The molecule has 1 unspecified atom stereocenters. The minimum absolute atomic E-state index is 0.149. The van der Waals surface area contributed by atoms with Crippen molar-refractivity contribution in [2.75, 3.05) is 21.3 Å². The summed E-state index contributed by atoms with van der Waals surface area (Å²) in [6.45, 7) is 1.46. The van der Waals surface area contributed by atoms with Crippen LogP contribution in [0.25, 0.3) is 0 Å². The standard InChI is InChI=1S/C11H20N2O4Si/c1-8(14)13-6-5-12-10(13)11(16-3,17-4)9(7-18)15-2/h5-6,9H,7H2,1-4,18H3. The molecular formula is C11H20N2O4Si. The van der Waals surface area contributed by atoms with E-state index >= 15 is 0 Å². The number of carbonyl (C=O) groups is 1. The van der Waals surface area contributed by atoms with Crippen LogP contribution in [0, 0.1) is 0 Å². The summed E-state index contributed by atoms with van der Waals surface area (Å²) in [5.74, 6) is -0.905. The molecule has 0 amide bonds. The quantitative estimate of drug-likeness (QED) is 0.529. The van der Waals surface area contributed by atoms with Crippen LogP contribution in [0.15, 0.2) is 12.4 Å². The number of imidazole rings is 1. The third kappa shape index (κ3) is 2.39. The Kier molecular flexibility index (Phi) is 5.21. The van der Waals surface area contributed by atoms with Crippen LogP contribution >= 0.6 is 0 Å². The van der Waals surface area contributed by atoms with Gasteiger partial charge in [-0.05, 0) is 6.04 Å². The first-order valence-corrected chi connectivity index (χ1v) is 7.16. The molecule has 1 heterocycles. The lowest BCUT2D eigenvalue weighted by Crippen LogP contribution is -2.46. The highest BCUT2D eigenvalue weighted by molar-refractivity contribution is 6.08. The third-order valence-electron chi connectivity index (χ3n) is 2.98. The molecule has 1 aromatic heterocycles. The molecule has 0 radical (unpaired) electrons. The highest BCUT2D eigenvalue weighted by Gasteiger charge is 2.45. The molecule has 0 N–H and O–H groups in total.